The Hall–Kier alpha value is -2.04. The van der Waals surface area contributed by atoms with Crippen molar-refractivity contribution in [3.05, 3.63) is 29.8 Å². The molecule has 1 aromatic rings. The molecule has 27 heavy (non-hydrogen) atoms. The highest BCUT2D eigenvalue weighted by Gasteiger charge is 2.26. The van der Waals surface area contributed by atoms with E-state index in [0.717, 1.165) is 18.5 Å². The molecule has 0 spiro atoms. The molecule has 0 saturated carbocycles. The summed E-state index contributed by atoms with van der Waals surface area (Å²) in [7, 11) is 0. The lowest BCUT2D eigenvalue weighted by Gasteiger charge is -2.33. The number of anilines is 1. The third-order valence-electron chi connectivity index (χ3n) is 5.13. The summed E-state index contributed by atoms with van der Waals surface area (Å²) in [5.74, 6) is 0.710. The Labute approximate surface area is 164 Å². The molecule has 0 saturated heterocycles. The van der Waals surface area contributed by atoms with Gasteiger partial charge in [0, 0.05) is 5.69 Å². The molecule has 0 aromatic heterocycles. The summed E-state index contributed by atoms with van der Waals surface area (Å²) in [5, 5.41) is 0. The van der Waals surface area contributed by atoms with Gasteiger partial charge in [-0.1, -0.05) is 78.4 Å². The minimum absolute atomic E-state index is 0.0707. The van der Waals surface area contributed by atoms with Crippen molar-refractivity contribution in [1.82, 2.24) is 0 Å². The van der Waals surface area contributed by atoms with Crippen LogP contribution in [0, 0.1) is 0 Å². The second-order valence-corrected chi connectivity index (χ2v) is 8.51. The summed E-state index contributed by atoms with van der Waals surface area (Å²) in [4.78, 5) is 10.8. The van der Waals surface area contributed by atoms with Crippen LogP contribution in [-0.2, 0) is 5.41 Å². The van der Waals surface area contributed by atoms with E-state index in [4.69, 9.17) is 11.5 Å². The van der Waals surface area contributed by atoms with Crippen LogP contribution in [-0.4, -0.2) is 18.1 Å². The number of nitrogens with zero attached hydrogens (tertiary/aromatic N) is 3. The van der Waals surface area contributed by atoms with Gasteiger partial charge in [0.1, 0.15) is 6.17 Å². The number of rotatable bonds is 9. The van der Waals surface area contributed by atoms with Crippen LogP contribution in [0.2, 0.25) is 0 Å². The summed E-state index contributed by atoms with van der Waals surface area (Å²) in [6.45, 7) is 8.90. The Kier molecular flexibility index (Phi) is 7.69. The van der Waals surface area contributed by atoms with Crippen molar-refractivity contribution in [1.29, 1.82) is 0 Å². The normalized spacial score (nSPS) is 17.6. The summed E-state index contributed by atoms with van der Waals surface area (Å²) < 4.78 is 0. The van der Waals surface area contributed by atoms with Crippen LogP contribution in [0.1, 0.15) is 84.6 Å². The molecule has 1 aliphatic heterocycles. The zero-order valence-electron chi connectivity index (χ0n) is 17.5. The second-order valence-electron chi connectivity index (χ2n) is 8.51. The predicted octanol–water partition coefficient (Wildman–Crippen LogP) is 4.90. The number of unbranched alkanes of at least 4 members (excludes halogenated alkanes) is 6. The maximum atomic E-state index is 6.22. The third kappa shape index (κ3) is 6.26. The van der Waals surface area contributed by atoms with E-state index in [9.17, 15) is 0 Å². The zero-order chi connectivity index (χ0) is 19.9. The predicted molar refractivity (Wildman–Crippen MR) is 117 cm³/mol. The fourth-order valence-electron chi connectivity index (χ4n) is 3.47. The summed E-state index contributed by atoms with van der Waals surface area (Å²) >= 11 is 0. The molecule has 0 bridgehead atoms. The van der Waals surface area contributed by atoms with Gasteiger partial charge in [-0.25, -0.2) is 4.99 Å². The molecule has 4 N–H and O–H groups in total. The Morgan fingerprint density at radius 1 is 0.926 bits per heavy atom. The number of hydrogen-bond acceptors (Lipinski definition) is 5. The van der Waals surface area contributed by atoms with Gasteiger partial charge in [0.05, 0.1) is 0 Å². The molecule has 0 fully saturated rings. The molecule has 0 amide bonds. The van der Waals surface area contributed by atoms with E-state index in [-0.39, 0.29) is 17.5 Å². The third-order valence-corrected chi connectivity index (χ3v) is 5.13. The molecule has 1 unspecified atom stereocenters. The first kappa shape index (κ1) is 21.3. The van der Waals surface area contributed by atoms with Crippen LogP contribution >= 0.6 is 0 Å². The van der Waals surface area contributed by atoms with Crippen molar-refractivity contribution in [2.75, 3.05) is 4.90 Å². The molecule has 1 aliphatic rings. The van der Waals surface area contributed by atoms with Gasteiger partial charge >= 0.3 is 0 Å². The van der Waals surface area contributed by atoms with Gasteiger partial charge < -0.3 is 11.5 Å². The first-order valence-electron chi connectivity index (χ1n) is 10.4. The van der Waals surface area contributed by atoms with Gasteiger partial charge in [-0.2, -0.15) is 4.99 Å². The van der Waals surface area contributed by atoms with Crippen molar-refractivity contribution >= 4 is 17.6 Å². The SMILES string of the molecule is CCCCCCCCCC1N=C(N)N=C(N)N1c1ccc(C(C)(C)C)cc1. The first-order chi connectivity index (χ1) is 12.8. The van der Waals surface area contributed by atoms with Crippen LogP contribution in [0.3, 0.4) is 0 Å². The van der Waals surface area contributed by atoms with Gasteiger partial charge in [0.2, 0.25) is 11.9 Å². The number of guanidine groups is 2. The smallest absolute Gasteiger partial charge is 0.220 e. The van der Waals surface area contributed by atoms with E-state index in [2.05, 4.69) is 61.9 Å². The van der Waals surface area contributed by atoms with Crippen molar-refractivity contribution < 1.29 is 0 Å². The Balaban J connectivity index is 2.00. The Morgan fingerprint density at radius 3 is 2.11 bits per heavy atom. The maximum absolute atomic E-state index is 6.22. The number of hydrogen-bond donors (Lipinski definition) is 2. The van der Waals surface area contributed by atoms with Gasteiger partial charge in [-0.05, 0) is 36.0 Å². The Bertz CT molecular complexity index is 640. The molecular formula is C22H37N5. The van der Waals surface area contributed by atoms with Gasteiger partial charge in [0.25, 0.3) is 0 Å². The van der Waals surface area contributed by atoms with Crippen molar-refractivity contribution in [3.63, 3.8) is 0 Å². The van der Waals surface area contributed by atoms with E-state index < -0.39 is 0 Å². The maximum Gasteiger partial charge on any atom is 0.220 e. The van der Waals surface area contributed by atoms with Crippen LogP contribution in [0.4, 0.5) is 5.69 Å². The average Bonchev–Trinajstić information content (AvgIpc) is 2.60. The lowest BCUT2D eigenvalue weighted by molar-refractivity contribution is 0.534. The molecule has 1 atom stereocenters. The second kappa shape index (κ2) is 9.77. The fourth-order valence-corrected chi connectivity index (χ4v) is 3.47. The summed E-state index contributed by atoms with van der Waals surface area (Å²) in [6, 6.07) is 8.54. The lowest BCUT2D eigenvalue weighted by atomic mass is 9.87. The van der Waals surface area contributed by atoms with Crippen LogP contribution < -0.4 is 16.4 Å². The highest BCUT2D eigenvalue weighted by Crippen LogP contribution is 2.28. The highest BCUT2D eigenvalue weighted by atomic mass is 15.4. The van der Waals surface area contributed by atoms with Gasteiger partial charge in [0.15, 0.2) is 0 Å². The van der Waals surface area contributed by atoms with Crippen molar-refractivity contribution in [2.24, 2.45) is 21.5 Å². The minimum Gasteiger partial charge on any atom is -0.369 e. The van der Waals surface area contributed by atoms with Crippen LogP contribution in [0.15, 0.2) is 34.3 Å². The van der Waals surface area contributed by atoms with Gasteiger partial charge in [-0.15, -0.1) is 0 Å². The standard InChI is InChI=1S/C22H37N5/c1-5-6-7-8-9-10-11-12-19-25-20(23)26-21(24)27(19)18-15-13-17(14-16-18)22(2,3)4/h13-16,19H,5-12H2,1-4H3,(H4,23,24,25,26). The van der Waals surface area contributed by atoms with E-state index >= 15 is 0 Å². The molecule has 5 heteroatoms. The van der Waals surface area contributed by atoms with Crippen LogP contribution in [0.25, 0.3) is 0 Å². The first-order valence-corrected chi connectivity index (χ1v) is 10.4. The minimum atomic E-state index is -0.0707. The molecule has 1 aromatic carbocycles. The zero-order valence-corrected chi connectivity index (χ0v) is 17.5. The molecule has 1 heterocycles. The highest BCUT2D eigenvalue weighted by molar-refractivity contribution is 6.04. The molecule has 150 valence electrons. The quantitative estimate of drug-likeness (QED) is 0.606. The van der Waals surface area contributed by atoms with E-state index in [1.54, 1.807) is 0 Å². The lowest BCUT2D eigenvalue weighted by Crippen LogP contribution is -2.48. The number of aliphatic imine (C=N–C) groups is 2. The molecule has 2 rings (SSSR count). The van der Waals surface area contributed by atoms with Crippen molar-refractivity contribution in [2.45, 2.75) is 90.6 Å². The monoisotopic (exact) mass is 371 g/mol. The molecule has 0 aliphatic carbocycles. The number of benzene rings is 1. The van der Waals surface area contributed by atoms with E-state index in [1.165, 1.54) is 44.1 Å². The summed E-state index contributed by atoms with van der Waals surface area (Å²) in [5.41, 5.74) is 14.5. The molecule has 0 radical (unpaired) electrons. The Morgan fingerprint density at radius 2 is 1.52 bits per heavy atom. The number of nitrogens with two attached hydrogens (primary N) is 2. The molecular weight excluding hydrogens is 334 g/mol. The fraction of sp³-hybridized carbons (Fsp3) is 0.636. The molecule has 5 nitrogen and oxygen atoms in total. The van der Waals surface area contributed by atoms with Crippen LogP contribution in [0.5, 0.6) is 0 Å². The summed E-state index contributed by atoms with van der Waals surface area (Å²) in [6.07, 6.45) is 9.80. The topological polar surface area (TPSA) is 80.0 Å². The van der Waals surface area contributed by atoms with E-state index in [0.29, 0.717) is 5.96 Å². The van der Waals surface area contributed by atoms with Gasteiger partial charge in [-0.3, -0.25) is 4.90 Å². The van der Waals surface area contributed by atoms with E-state index in [1.807, 2.05) is 4.90 Å². The largest absolute Gasteiger partial charge is 0.369 e. The average molecular weight is 372 g/mol. The van der Waals surface area contributed by atoms with Crippen molar-refractivity contribution in [3.8, 4) is 0 Å².